The fraction of sp³-hybridized carbons (Fsp3) is 1.00. The second-order valence-corrected chi connectivity index (χ2v) is 7.25. The average molecular weight is 219 g/mol. The Morgan fingerprint density at radius 2 is 1.44 bits per heavy atom. The highest BCUT2D eigenvalue weighted by Gasteiger charge is 2.52. The van der Waals surface area contributed by atoms with Crippen LogP contribution in [0, 0.1) is 41.4 Å². The van der Waals surface area contributed by atoms with Crippen molar-refractivity contribution in [2.45, 2.75) is 44.9 Å². The van der Waals surface area contributed by atoms with E-state index in [-0.39, 0.29) is 0 Å². The maximum atomic E-state index is 6.09. The summed E-state index contributed by atoms with van der Waals surface area (Å²) in [6.07, 6.45) is 10.8. The Morgan fingerprint density at radius 1 is 0.875 bits per heavy atom. The second-order valence-electron chi connectivity index (χ2n) is 7.25. The lowest BCUT2D eigenvalue weighted by molar-refractivity contribution is -0.0640. The highest BCUT2D eigenvalue weighted by atomic mass is 14.6. The second kappa shape index (κ2) is 3.48. The summed E-state index contributed by atoms with van der Waals surface area (Å²) in [4.78, 5) is 0. The van der Waals surface area contributed by atoms with Gasteiger partial charge in [0.05, 0.1) is 0 Å². The van der Waals surface area contributed by atoms with Gasteiger partial charge in [-0.3, -0.25) is 0 Å². The first-order valence-corrected chi connectivity index (χ1v) is 7.55. The van der Waals surface area contributed by atoms with Crippen molar-refractivity contribution in [2.75, 3.05) is 6.54 Å². The first kappa shape index (κ1) is 9.94. The summed E-state index contributed by atoms with van der Waals surface area (Å²) < 4.78 is 0. The maximum absolute atomic E-state index is 6.09. The third kappa shape index (κ3) is 1.40. The molecule has 1 atom stereocenters. The van der Waals surface area contributed by atoms with Crippen LogP contribution < -0.4 is 5.73 Å². The van der Waals surface area contributed by atoms with Crippen LogP contribution in [0.3, 0.4) is 0 Å². The van der Waals surface area contributed by atoms with Crippen LogP contribution in [0.4, 0.5) is 0 Å². The molecule has 0 saturated heterocycles. The van der Waals surface area contributed by atoms with E-state index in [1.807, 2.05) is 0 Å². The minimum absolute atomic E-state index is 0.912. The van der Waals surface area contributed by atoms with Crippen LogP contribution in [0.2, 0.25) is 0 Å². The summed E-state index contributed by atoms with van der Waals surface area (Å²) >= 11 is 0. The van der Waals surface area contributed by atoms with Crippen molar-refractivity contribution < 1.29 is 0 Å². The van der Waals surface area contributed by atoms with Gasteiger partial charge in [-0.15, -0.1) is 0 Å². The Balaban J connectivity index is 1.58. The topological polar surface area (TPSA) is 26.0 Å². The zero-order valence-corrected chi connectivity index (χ0v) is 10.3. The molecule has 1 nitrogen and oxygen atoms in total. The van der Waals surface area contributed by atoms with Gasteiger partial charge in [0.15, 0.2) is 0 Å². The van der Waals surface area contributed by atoms with Crippen LogP contribution in [0.5, 0.6) is 0 Å². The van der Waals surface area contributed by atoms with Gasteiger partial charge in [-0.25, -0.2) is 0 Å². The number of hydrogen-bond acceptors (Lipinski definition) is 1. The summed E-state index contributed by atoms with van der Waals surface area (Å²) in [5.74, 6) is 7.41. The lowest BCUT2D eigenvalue weighted by Gasteiger charge is -2.56. The lowest BCUT2D eigenvalue weighted by Crippen LogP contribution is -2.49. The van der Waals surface area contributed by atoms with Gasteiger partial charge in [-0.1, -0.05) is 0 Å². The van der Waals surface area contributed by atoms with Gasteiger partial charge >= 0.3 is 0 Å². The predicted molar refractivity (Wildman–Crippen MR) is 65.8 cm³/mol. The standard InChI is InChI=1S/C15H25N/c16-8-14(11-1-2-11)15-12-4-9-3-10(6-12)7-13(15)5-9/h9-15H,1-8,16H2. The fourth-order valence-electron chi connectivity index (χ4n) is 5.85. The van der Waals surface area contributed by atoms with Gasteiger partial charge in [0, 0.05) is 0 Å². The lowest BCUT2D eigenvalue weighted by atomic mass is 9.49. The minimum atomic E-state index is 0.912. The molecule has 0 heterocycles. The molecule has 2 N–H and O–H groups in total. The fourth-order valence-corrected chi connectivity index (χ4v) is 5.85. The molecule has 4 bridgehead atoms. The molecule has 0 amide bonds. The number of hydrogen-bond donors (Lipinski definition) is 1. The summed E-state index contributed by atoms with van der Waals surface area (Å²) in [6, 6.07) is 0. The van der Waals surface area contributed by atoms with Crippen LogP contribution in [0.1, 0.15) is 44.9 Å². The zero-order valence-electron chi connectivity index (χ0n) is 10.3. The quantitative estimate of drug-likeness (QED) is 0.775. The third-order valence-electron chi connectivity index (χ3n) is 6.29. The van der Waals surface area contributed by atoms with Gasteiger partial charge in [0.2, 0.25) is 0 Å². The number of rotatable bonds is 3. The van der Waals surface area contributed by atoms with Crippen LogP contribution in [-0.4, -0.2) is 6.54 Å². The largest absolute Gasteiger partial charge is 0.330 e. The van der Waals surface area contributed by atoms with Crippen molar-refractivity contribution >= 4 is 0 Å². The van der Waals surface area contributed by atoms with Crippen LogP contribution in [-0.2, 0) is 0 Å². The van der Waals surface area contributed by atoms with Crippen LogP contribution in [0.15, 0.2) is 0 Å². The van der Waals surface area contributed by atoms with E-state index in [1.54, 1.807) is 32.1 Å². The molecule has 5 fully saturated rings. The van der Waals surface area contributed by atoms with Crippen molar-refractivity contribution in [3.8, 4) is 0 Å². The molecule has 5 saturated carbocycles. The molecule has 0 aliphatic heterocycles. The number of nitrogens with two attached hydrogens (primary N) is 1. The molecular formula is C15H25N. The van der Waals surface area contributed by atoms with Gasteiger partial charge in [-0.05, 0) is 92.9 Å². The summed E-state index contributed by atoms with van der Waals surface area (Å²) in [6.45, 7) is 0.984. The predicted octanol–water partition coefficient (Wildman–Crippen LogP) is 3.04. The van der Waals surface area contributed by atoms with Crippen molar-refractivity contribution in [1.29, 1.82) is 0 Å². The zero-order chi connectivity index (χ0) is 10.7. The minimum Gasteiger partial charge on any atom is -0.330 e. The molecule has 90 valence electrons. The van der Waals surface area contributed by atoms with E-state index < -0.39 is 0 Å². The Labute approximate surface area is 99.2 Å². The van der Waals surface area contributed by atoms with Crippen molar-refractivity contribution in [1.82, 2.24) is 0 Å². The van der Waals surface area contributed by atoms with E-state index in [4.69, 9.17) is 5.73 Å². The monoisotopic (exact) mass is 219 g/mol. The Bertz CT molecular complexity index is 253. The third-order valence-corrected chi connectivity index (χ3v) is 6.29. The van der Waals surface area contributed by atoms with Gasteiger partial charge in [0.25, 0.3) is 0 Å². The highest BCUT2D eigenvalue weighted by Crippen LogP contribution is 2.60. The highest BCUT2D eigenvalue weighted by molar-refractivity contribution is 5.02. The molecular weight excluding hydrogens is 194 g/mol. The van der Waals surface area contributed by atoms with E-state index in [9.17, 15) is 0 Å². The molecule has 0 spiro atoms. The SMILES string of the molecule is NCC(C1CC1)C1C2CC3CC(C2)CC1C3. The molecule has 5 aliphatic carbocycles. The van der Waals surface area contributed by atoms with E-state index >= 15 is 0 Å². The van der Waals surface area contributed by atoms with E-state index in [1.165, 1.54) is 12.8 Å². The van der Waals surface area contributed by atoms with Gasteiger partial charge in [-0.2, -0.15) is 0 Å². The van der Waals surface area contributed by atoms with Crippen molar-refractivity contribution in [3.63, 3.8) is 0 Å². The van der Waals surface area contributed by atoms with Crippen LogP contribution >= 0.6 is 0 Å². The molecule has 0 aromatic heterocycles. The van der Waals surface area contributed by atoms with E-state index in [2.05, 4.69) is 0 Å². The molecule has 16 heavy (non-hydrogen) atoms. The Morgan fingerprint density at radius 3 is 1.88 bits per heavy atom. The summed E-state index contributed by atoms with van der Waals surface area (Å²) in [7, 11) is 0. The van der Waals surface area contributed by atoms with E-state index in [0.717, 1.165) is 48.0 Å². The normalized spacial score (nSPS) is 51.9. The molecule has 1 heteroatoms. The van der Waals surface area contributed by atoms with Gasteiger partial charge < -0.3 is 5.73 Å². The summed E-state index contributed by atoms with van der Waals surface area (Å²) in [5, 5.41) is 0. The smallest absolute Gasteiger partial charge is 0.00434 e. The van der Waals surface area contributed by atoms with Gasteiger partial charge in [0.1, 0.15) is 0 Å². The molecule has 0 aromatic carbocycles. The van der Waals surface area contributed by atoms with E-state index in [0.29, 0.717) is 0 Å². The molecule has 5 aliphatic rings. The first-order valence-electron chi connectivity index (χ1n) is 7.55. The van der Waals surface area contributed by atoms with Crippen LogP contribution in [0.25, 0.3) is 0 Å². The first-order chi connectivity index (χ1) is 7.85. The molecule has 5 rings (SSSR count). The molecule has 0 radical (unpaired) electrons. The average Bonchev–Trinajstić information content (AvgIpc) is 3.06. The summed E-state index contributed by atoms with van der Waals surface area (Å²) in [5.41, 5.74) is 6.09. The Kier molecular flexibility index (Phi) is 2.16. The van der Waals surface area contributed by atoms with Crippen molar-refractivity contribution in [3.05, 3.63) is 0 Å². The van der Waals surface area contributed by atoms with Crippen molar-refractivity contribution in [2.24, 2.45) is 47.2 Å². The molecule has 1 unspecified atom stereocenters. The molecule has 0 aromatic rings. The maximum Gasteiger partial charge on any atom is -0.00434 e. The Hall–Kier alpha value is -0.0400.